The largest absolute Gasteiger partial charge is 0.366 e. The van der Waals surface area contributed by atoms with E-state index in [4.69, 9.17) is 11.5 Å². The zero-order valence-electron chi connectivity index (χ0n) is 6.86. The highest BCUT2D eigenvalue weighted by molar-refractivity contribution is 6.06. The number of Topliss-reactive ketones (excluding diaryl/α,β-unsaturated/α-hetero) is 1. The van der Waals surface area contributed by atoms with E-state index in [0.29, 0.717) is 0 Å². The molecule has 0 aliphatic rings. The van der Waals surface area contributed by atoms with Gasteiger partial charge in [-0.15, -0.1) is 0 Å². The highest BCUT2D eigenvalue weighted by Gasteiger charge is 2.14. The Morgan fingerprint density at radius 1 is 1.46 bits per heavy atom. The third-order valence-electron chi connectivity index (χ3n) is 1.52. The van der Waals surface area contributed by atoms with Gasteiger partial charge < -0.3 is 11.5 Å². The number of ketones is 1. The van der Waals surface area contributed by atoms with Crippen molar-refractivity contribution in [3.63, 3.8) is 0 Å². The Bertz CT molecular complexity index is 349. The normalized spacial score (nSPS) is 9.62. The Hall–Kier alpha value is -1.75. The van der Waals surface area contributed by atoms with Crippen LogP contribution in [0.3, 0.4) is 0 Å². The minimum Gasteiger partial charge on any atom is -0.366 e. The average molecular weight is 179 g/mol. The fourth-order valence-corrected chi connectivity index (χ4v) is 0.923. The van der Waals surface area contributed by atoms with E-state index < -0.39 is 11.7 Å². The van der Waals surface area contributed by atoms with Crippen molar-refractivity contribution in [2.75, 3.05) is 6.54 Å². The summed E-state index contributed by atoms with van der Waals surface area (Å²) in [5.74, 6) is -1.07. The molecule has 68 valence electrons. The number of aromatic nitrogens is 1. The number of hydrogen-bond donors (Lipinski definition) is 2. The molecule has 1 rings (SSSR count). The van der Waals surface area contributed by atoms with E-state index >= 15 is 0 Å². The summed E-state index contributed by atoms with van der Waals surface area (Å²) < 4.78 is 0. The zero-order valence-corrected chi connectivity index (χ0v) is 6.86. The van der Waals surface area contributed by atoms with Gasteiger partial charge >= 0.3 is 0 Å². The van der Waals surface area contributed by atoms with Crippen LogP contribution in [0.2, 0.25) is 0 Å². The maximum Gasteiger partial charge on any atom is 0.251 e. The highest BCUT2D eigenvalue weighted by atomic mass is 16.1. The number of nitrogens with two attached hydrogens (primary N) is 2. The summed E-state index contributed by atoms with van der Waals surface area (Å²) in [7, 11) is 0. The molecule has 0 fully saturated rings. The Morgan fingerprint density at radius 3 is 2.69 bits per heavy atom. The second-order valence-electron chi connectivity index (χ2n) is 2.39. The molecule has 4 N–H and O–H groups in total. The van der Waals surface area contributed by atoms with Crippen LogP contribution >= 0.6 is 0 Å². The zero-order chi connectivity index (χ0) is 9.84. The van der Waals surface area contributed by atoms with Crippen LogP contribution < -0.4 is 11.5 Å². The van der Waals surface area contributed by atoms with Crippen molar-refractivity contribution in [2.45, 2.75) is 0 Å². The van der Waals surface area contributed by atoms with E-state index in [1.807, 2.05) is 0 Å². The molecular weight excluding hydrogens is 170 g/mol. The fraction of sp³-hybridized carbons (Fsp3) is 0.125. The van der Waals surface area contributed by atoms with Crippen molar-refractivity contribution in [2.24, 2.45) is 11.5 Å². The Morgan fingerprint density at radius 2 is 2.15 bits per heavy atom. The van der Waals surface area contributed by atoms with Gasteiger partial charge in [-0.05, 0) is 12.1 Å². The maximum atomic E-state index is 11.1. The molecule has 1 aromatic heterocycles. The first-order valence-electron chi connectivity index (χ1n) is 3.65. The van der Waals surface area contributed by atoms with Crippen molar-refractivity contribution in [1.82, 2.24) is 4.98 Å². The number of rotatable bonds is 3. The molecule has 0 aromatic carbocycles. The fourth-order valence-electron chi connectivity index (χ4n) is 0.923. The van der Waals surface area contributed by atoms with Crippen molar-refractivity contribution in [3.8, 4) is 0 Å². The summed E-state index contributed by atoms with van der Waals surface area (Å²) in [6.07, 6.45) is 1.41. The van der Waals surface area contributed by atoms with E-state index in [-0.39, 0.29) is 17.8 Å². The molecule has 5 nitrogen and oxygen atoms in total. The van der Waals surface area contributed by atoms with Crippen LogP contribution in [0.1, 0.15) is 20.8 Å². The molecule has 0 unspecified atom stereocenters. The quantitative estimate of drug-likeness (QED) is 0.600. The van der Waals surface area contributed by atoms with Gasteiger partial charge in [-0.25, -0.2) is 0 Å². The van der Waals surface area contributed by atoms with Crippen LogP contribution in [0.5, 0.6) is 0 Å². The molecule has 13 heavy (non-hydrogen) atoms. The molecule has 1 amide bonds. The summed E-state index contributed by atoms with van der Waals surface area (Å²) >= 11 is 0. The molecule has 1 heterocycles. The lowest BCUT2D eigenvalue weighted by Crippen LogP contribution is -2.21. The number of primary amides is 1. The number of hydrogen-bond acceptors (Lipinski definition) is 4. The van der Waals surface area contributed by atoms with Crippen LogP contribution in [-0.2, 0) is 0 Å². The van der Waals surface area contributed by atoms with Gasteiger partial charge in [0.15, 0.2) is 5.78 Å². The lowest BCUT2D eigenvalue weighted by atomic mass is 10.1. The van der Waals surface area contributed by atoms with Gasteiger partial charge in [-0.3, -0.25) is 14.6 Å². The SMILES string of the molecule is NCC(=O)c1ncccc1C(N)=O. The second-order valence-corrected chi connectivity index (χ2v) is 2.39. The van der Waals surface area contributed by atoms with Gasteiger partial charge in [0.05, 0.1) is 12.1 Å². The molecule has 1 aromatic rings. The number of carbonyl (C=O) groups is 2. The van der Waals surface area contributed by atoms with E-state index in [1.165, 1.54) is 18.3 Å². The first-order valence-corrected chi connectivity index (χ1v) is 3.65. The van der Waals surface area contributed by atoms with Crippen molar-refractivity contribution in [3.05, 3.63) is 29.6 Å². The van der Waals surface area contributed by atoms with Crippen molar-refractivity contribution < 1.29 is 9.59 Å². The van der Waals surface area contributed by atoms with Crippen LogP contribution in [0, 0.1) is 0 Å². The monoisotopic (exact) mass is 179 g/mol. The van der Waals surface area contributed by atoms with E-state index in [1.54, 1.807) is 0 Å². The Balaban J connectivity index is 3.19. The molecule has 0 aliphatic heterocycles. The molecule has 5 heteroatoms. The van der Waals surface area contributed by atoms with Crippen molar-refractivity contribution in [1.29, 1.82) is 0 Å². The van der Waals surface area contributed by atoms with Gasteiger partial charge in [-0.1, -0.05) is 0 Å². The van der Waals surface area contributed by atoms with Gasteiger partial charge in [0.2, 0.25) is 0 Å². The number of amides is 1. The first-order chi connectivity index (χ1) is 6.16. The summed E-state index contributed by atoms with van der Waals surface area (Å²) in [6.45, 7) is -0.183. The standard InChI is InChI=1S/C8H9N3O2/c9-4-6(12)7-5(8(10)13)2-1-3-11-7/h1-3H,4,9H2,(H2,10,13). The topological polar surface area (TPSA) is 99.1 Å². The average Bonchev–Trinajstić information content (AvgIpc) is 2.16. The van der Waals surface area contributed by atoms with Crippen LogP contribution in [0.4, 0.5) is 0 Å². The van der Waals surface area contributed by atoms with Crippen LogP contribution in [-0.4, -0.2) is 23.2 Å². The summed E-state index contributed by atoms with van der Waals surface area (Å²) in [4.78, 5) is 25.7. The predicted octanol–water partition coefficient (Wildman–Crippen LogP) is -0.678. The first kappa shape index (κ1) is 9.34. The third kappa shape index (κ3) is 1.88. The summed E-state index contributed by atoms with van der Waals surface area (Å²) in [5.41, 5.74) is 10.3. The smallest absolute Gasteiger partial charge is 0.251 e. The Kier molecular flexibility index (Phi) is 2.71. The van der Waals surface area contributed by atoms with E-state index in [2.05, 4.69) is 4.98 Å². The molecule has 0 saturated carbocycles. The highest BCUT2D eigenvalue weighted by Crippen LogP contribution is 2.04. The van der Waals surface area contributed by atoms with Gasteiger partial charge in [0.1, 0.15) is 5.69 Å². The number of pyridine rings is 1. The number of carbonyl (C=O) groups excluding carboxylic acids is 2. The summed E-state index contributed by atoms with van der Waals surface area (Å²) in [6, 6.07) is 2.98. The molecule has 0 spiro atoms. The lowest BCUT2D eigenvalue weighted by Gasteiger charge is -2.01. The minimum absolute atomic E-state index is 0.0394. The minimum atomic E-state index is -0.676. The van der Waals surface area contributed by atoms with Crippen LogP contribution in [0.25, 0.3) is 0 Å². The third-order valence-corrected chi connectivity index (χ3v) is 1.52. The van der Waals surface area contributed by atoms with E-state index in [9.17, 15) is 9.59 Å². The molecule has 0 aliphatic carbocycles. The molecule has 0 bridgehead atoms. The second kappa shape index (κ2) is 3.77. The molecular formula is C8H9N3O2. The molecule has 0 saturated heterocycles. The number of nitrogens with zero attached hydrogens (tertiary/aromatic N) is 1. The Labute approximate surface area is 74.7 Å². The van der Waals surface area contributed by atoms with Gasteiger partial charge in [0, 0.05) is 6.20 Å². The molecule has 0 atom stereocenters. The molecule has 0 radical (unpaired) electrons. The van der Waals surface area contributed by atoms with E-state index in [0.717, 1.165) is 0 Å². The lowest BCUT2D eigenvalue weighted by molar-refractivity contribution is 0.0964. The van der Waals surface area contributed by atoms with Gasteiger partial charge in [-0.2, -0.15) is 0 Å². The maximum absolute atomic E-state index is 11.1. The predicted molar refractivity (Wildman–Crippen MR) is 46.1 cm³/mol. The van der Waals surface area contributed by atoms with Gasteiger partial charge in [0.25, 0.3) is 5.91 Å². The summed E-state index contributed by atoms with van der Waals surface area (Å²) in [5, 5.41) is 0. The van der Waals surface area contributed by atoms with Crippen molar-refractivity contribution >= 4 is 11.7 Å². The van der Waals surface area contributed by atoms with Crippen LogP contribution in [0.15, 0.2) is 18.3 Å².